The summed E-state index contributed by atoms with van der Waals surface area (Å²) in [6.07, 6.45) is 10.8. The second kappa shape index (κ2) is 14.8. The van der Waals surface area contributed by atoms with Crippen molar-refractivity contribution in [2.75, 3.05) is 10.6 Å². The summed E-state index contributed by atoms with van der Waals surface area (Å²) in [5.74, 6) is -0.992. The van der Waals surface area contributed by atoms with Crippen LogP contribution in [-0.4, -0.2) is 22.0 Å². The summed E-state index contributed by atoms with van der Waals surface area (Å²) in [5, 5.41) is 26.2. The maximum atomic E-state index is 12.9. The molecule has 0 bridgehead atoms. The summed E-state index contributed by atoms with van der Waals surface area (Å²) in [7, 11) is 0. The predicted molar refractivity (Wildman–Crippen MR) is 154 cm³/mol. The number of phenols is 2. The second-order valence-corrected chi connectivity index (χ2v) is 9.81. The lowest BCUT2D eigenvalue weighted by atomic mass is 10.0. The van der Waals surface area contributed by atoms with Crippen LogP contribution >= 0.6 is 0 Å². The van der Waals surface area contributed by atoms with Crippen molar-refractivity contribution >= 4 is 23.2 Å². The van der Waals surface area contributed by atoms with Gasteiger partial charge >= 0.3 is 0 Å². The average molecular weight is 517 g/mol. The maximum absolute atomic E-state index is 12.9. The molecule has 4 N–H and O–H groups in total. The zero-order valence-electron chi connectivity index (χ0n) is 22.6. The van der Waals surface area contributed by atoms with Gasteiger partial charge in [0.05, 0.1) is 11.1 Å². The van der Waals surface area contributed by atoms with Gasteiger partial charge in [0.2, 0.25) is 0 Å². The van der Waals surface area contributed by atoms with Gasteiger partial charge in [0.25, 0.3) is 11.8 Å². The van der Waals surface area contributed by atoms with Gasteiger partial charge in [-0.2, -0.15) is 0 Å². The molecule has 0 aromatic heterocycles. The van der Waals surface area contributed by atoms with E-state index in [1.165, 1.54) is 12.8 Å². The van der Waals surface area contributed by atoms with Crippen LogP contribution < -0.4 is 10.6 Å². The number of hydrogen-bond acceptors (Lipinski definition) is 4. The van der Waals surface area contributed by atoms with Gasteiger partial charge in [-0.15, -0.1) is 0 Å². The molecular formula is C32H40N2O4. The first-order chi connectivity index (χ1) is 18.4. The highest BCUT2D eigenvalue weighted by atomic mass is 16.3. The van der Waals surface area contributed by atoms with Crippen LogP contribution in [0.4, 0.5) is 11.4 Å². The minimum atomic E-state index is -0.421. The SMILES string of the molecule is CCCCCCc1ccc(O)c(C(=O)Nc2cccc(NC(=O)c3cc(CCCCCC)ccc3O)c2)c1. The number of phenolic OH excluding ortho intramolecular Hbond substituents is 2. The Morgan fingerprint density at radius 1 is 0.605 bits per heavy atom. The van der Waals surface area contributed by atoms with Crippen molar-refractivity contribution in [1.29, 1.82) is 0 Å². The molecule has 0 aliphatic heterocycles. The van der Waals surface area contributed by atoms with Crippen LogP contribution in [0.2, 0.25) is 0 Å². The van der Waals surface area contributed by atoms with E-state index in [2.05, 4.69) is 24.5 Å². The minimum absolute atomic E-state index is 0.0747. The number of unbranched alkanes of at least 4 members (excludes halogenated alkanes) is 6. The Balaban J connectivity index is 1.65. The van der Waals surface area contributed by atoms with E-state index in [0.29, 0.717) is 11.4 Å². The Labute approximate surface area is 226 Å². The van der Waals surface area contributed by atoms with E-state index in [1.54, 1.807) is 48.5 Å². The zero-order chi connectivity index (χ0) is 27.3. The fourth-order valence-electron chi connectivity index (χ4n) is 4.42. The van der Waals surface area contributed by atoms with E-state index < -0.39 is 11.8 Å². The molecule has 0 heterocycles. The molecule has 0 unspecified atom stereocenters. The average Bonchev–Trinajstić information content (AvgIpc) is 2.91. The van der Waals surface area contributed by atoms with Crippen LogP contribution in [0, 0.1) is 0 Å². The van der Waals surface area contributed by atoms with E-state index in [0.717, 1.165) is 62.5 Å². The van der Waals surface area contributed by atoms with Crippen molar-refractivity contribution in [3.63, 3.8) is 0 Å². The lowest BCUT2D eigenvalue weighted by molar-refractivity contribution is 0.101. The molecule has 0 atom stereocenters. The Kier molecular flexibility index (Phi) is 11.2. The molecular weight excluding hydrogens is 476 g/mol. The van der Waals surface area contributed by atoms with Crippen LogP contribution in [0.3, 0.4) is 0 Å². The lowest BCUT2D eigenvalue weighted by Crippen LogP contribution is -2.14. The Bertz CT molecular complexity index is 1130. The topological polar surface area (TPSA) is 98.7 Å². The first-order valence-corrected chi connectivity index (χ1v) is 13.8. The number of amides is 2. The molecule has 0 saturated heterocycles. The van der Waals surface area contributed by atoms with Gasteiger partial charge in [-0.3, -0.25) is 9.59 Å². The molecule has 0 aliphatic rings. The van der Waals surface area contributed by atoms with Crippen LogP contribution in [0.15, 0.2) is 60.7 Å². The first kappa shape index (κ1) is 28.8. The van der Waals surface area contributed by atoms with Gasteiger partial charge in [-0.1, -0.05) is 70.6 Å². The van der Waals surface area contributed by atoms with Crippen molar-refractivity contribution in [3.8, 4) is 11.5 Å². The third kappa shape index (κ3) is 8.65. The quantitative estimate of drug-likeness (QED) is 0.164. The third-order valence-electron chi connectivity index (χ3n) is 6.63. The molecule has 0 fully saturated rings. The van der Waals surface area contributed by atoms with Gasteiger partial charge in [-0.05, 0) is 79.3 Å². The molecule has 0 spiro atoms. The molecule has 3 aromatic carbocycles. The van der Waals surface area contributed by atoms with Crippen molar-refractivity contribution in [1.82, 2.24) is 0 Å². The number of carbonyl (C=O) groups is 2. The summed E-state index contributed by atoms with van der Waals surface area (Å²) >= 11 is 0. The maximum Gasteiger partial charge on any atom is 0.259 e. The van der Waals surface area contributed by atoms with E-state index >= 15 is 0 Å². The highest BCUT2D eigenvalue weighted by molar-refractivity contribution is 6.08. The Morgan fingerprint density at radius 2 is 1.05 bits per heavy atom. The van der Waals surface area contributed by atoms with Crippen molar-refractivity contribution in [3.05, 3.63) is 82.9 Å². The summed E-state index contributed by atoms with van der Waals surface area (Å²) in [6.45, 7) is 4.34. The molecule has 3 aromatic rings. The minimum Gasteiger partial charge on any atom is -0.507 e. The summed E-state index contributed by atoms with van der Waals surface area (Å²) in [6, 6.07) is 17.1. The van der Waals surface area contributed by atoms with Crippen LogP contribution in [-0.2, 0) is 12.8 Å². The summed E-state index contributed by atoms with van der Waals surface area (Å²) < 4.78 is 0. The summed E-state index contributed by atoms with van der Waals surface area (Å²) in [4.78, 5) is 25.9. The van der Waals surface area contributed by atoms with Gasteiger partial charge in [0.15, 0.2) is 0 Å². The third-order valence-corrected chi connectivity index (χ3v) is 6.63. The van der Waals surface area contributed by atoms with Gasteiger partial charge in [0.1, 0.15) is 11.5 Å². The van der Waals surface area contributed by atoms with E-state index in [9.17, 15) is 19.8 Å². The smallest absolute Gasteiger partial charge is 0.259 e. The van der Waals surface area contributed by atoms with Gasteiger partial charge in [-0.25, -0.2) is 0 Å². The molecule has 3 rings (SSSR count). The fourth-order valence-corrected chi connectivity index (χ4v) is 4.42. The second-order valence-electron chi connectivity index (χ2n) is 9.81. The van der Waals surface area contributed by atoms with E-state index in [-0.39, 0.29) is 22.6 Å². The molecule has 6 nitrogen and oxygen atoms in total. The van der Waals surface area contributed by atoms with Gasteiger partial charge < -0.3 is 20.8 Å². The molecule has 2 amide bonds. The first-order valence-electron chi connectivity index (χ1n) is 13.8. The molecule has 6 heteroatoms. The Hall–Kier alpha value is -3.80. The molecule has 0 aliphatic carbocycles. The lowest BCUT2D eigenvalue weighted by Gasteiger charge is -2.12. The van der Waals surface area contributed by atoms with Crippen molar-refractivity contribution in [2.24, 2.45) is 0 Å². The number of aromatic hydroxyl groups is 2. The molecule has 202 valence electrons. The fraction of sp³-hybridized carbons (Fsp3) is 0.375. The number of hydrogen-bond donors (Lipinski definition) is 4. The number of anilines is 2. The highest BCUT2D eigenvalue weighted by Gasteiger charge is 2.15. The zero-order valence-corrected chi connectivity index (χ0v) is 22.6. The van der Waals surface area contributed by atoms with Crippen molar-refractivity contribution < 1.29 is 19.8 Å². The van der Waals surface area contributed by atoms with E-state index in [4.69, 9.17) is 0 Å². The van der Waals surface area contributed by atoms with E-state index in [1.807, 2.05) is 12.1 Å². The van der Waals surface area contributed by atoms with Crippen LogP contribution in [0.5, 0.6) is 11.5 Å². The number of rotatable bonds is 14. The molecule has 0 radical (unpaired) electrons. The normalized spacial score (nSPS) is 10.8. The van der Waals surface area contributed by atoms with Crippen LogP contribution in [0.25, 0.3) is 0 Å². The molecule has 38 heavy (non-hydrogen) atoms. The largest absolute Gasteiger partial charge is 0.507 e. The number of aryl methyl sites for hydroxylation is 2. The van der Waals surface area contributed by atoms with Gasteiger partial charge in [0, 0.05) is 11.4 Å². The van der Waals surface area contributed by atoms with Crippen LogP contribution in [0.1, 0.15) is 97.1 Å². The standard InChI is InChI=1S/C32H40N2O4/c1-3-5-7-9-12-23-16-18-29(35)27(20-23)31(37)33-25-14-11-15-26(22-25)34-32(38)28-21-24(17-19-30(28)36)13-10-8-6-4-2/h11,14-22,35-36H,3-10,12-13H2,1-2H3,(H,33,37)(H,34,38). The Morgan fingerprint density at radius 3 is 1.47 bits per heavy atom. The molecule has 0 saturated carbocycles. The van der Waals surface area contributed by atoms with Crippen molar-refractivity contribution in [2.45, 2.75) is 78.1 Å². The number of nitrogens with one attached hydrogen (secondary N) is 2. The predicted octanol–water partition coefficient (Wildman–Crippen LogP) is 7.85. The monoisotopic (exact) mass is 516 g/mol. The number of carbonyl (C=O) groups excluding carboxylic acids is 2. The summed E-state index contributed by atoms with van der Waals surface area (Å²) in [5.41, 5.74) is 3.42. The highest BCUT2D eigenvalue weighted by Crippen LogP contribution is 2.25. The number of benzene rings is 3.